The van der Waals surface area contributed by atoms with E-state index in [1.54, 1.807) is 24.3 Å². The third-order valence-electron chi connectivity index (χ3n) is 1.39. The fraction of sp³-hybridized carbons (Fsp3) is 0.125. The van der Waals surface area contributed by atoms with Gasteiger partial charge in [-0.05, 0) is 12.1 Å². The van der Waals surface area contributed by atoms with Crippen molar-refractivity contribution in [2.45, 2.75) is 0 Å². The molecule has 14 heavy (non-hydrogen) atoms. The third kappa shape index (κ3) is 3.81. The number of para-hydroxylation sites is 1. The maximum absolute atomic E-state index is 10.0. The van der Waals surface area contributed by atoms with Crippen molar-refractivity contribution in [3.63, 3.8) is 0 Å². The average Bonchev–Trinajstić information content (AvgIpc) is 2.16. The summed E-state index contributed by atoms with van der Waals surface area (Å²) in [5.41, 5.74) is 5.41. The van der Waals surface area contributed by atoms with Gasteiger partial charge >= 0.3 is 8.02 Å². The number of rotatable bonds is 5. The molecule has 1 unspecified atom stereocenters. The highest BCUT2D eigenvalue weighted by molar-refractivity contribution is 7.61. The molecular formula is C8H12N2O3P+. The van der Waals surface area contributed by atoms with Crippen LogP contribution in [-0.2, 0) is 4.79 Å². The van der Waals surface area contributed by atoms with Crippen LogP contribution in [-0.4, -0.2) is 17.7 Å². The van der Waals surface area contributed by atoms with Crippen molar-refractivity contribution in [2.75, 3.05) is 6.54 Å². The molecule has 1 aromatic rings. The minimum atomic E-state index is -3.16. The molecule has 4 N–H and O–H groups in total. The van der Waals surface area contributed by atoms with E-state index in [0.29, 0.717) is 12.0 Å². The Morgan fingerprint density at radius 1 is 1.50 bits per heavy atom. The van der Waals surface area contributed by atoms with Crippen LogP contribution < -0.4 is 15.1 Å². The second-order valence-electron chi connectivity index (χ2n) is 2.56. The van der Waals surface area contributed by atoms with E-state index in [9.17, 15) is 9.69 Å². The molecule has 0 radical (unpaired) electrons. The van der Waals surface area contributed by atoms with Gasteiger partial charge in [0.1, 0.15) is 6.29 Å². The van der Waals surface area contributed by atoms with Gasteiger partial charge in [0.2, 0.25) is 0 Å². The lowest BCUT2D eigenvalue weighted by molar-refractivity contribution is -0.107. The first-order valence-corrected chi connectivity index (χ1v) is 5.71. The highest BCUT2D eigenvalue weighted by atomic mass is 31.2. The topological polar surface area (TPSA) is 84.6 Å². The lowest BCUT2D eigenvalue weighted by Gasteiger charge is -2.12. The van der Waals surface area contributed by atoms with Crippen LogP contribution in [0.2, 0.25) is 0 Å². The molecule has 0 heterocycles. The van der Waals surface area contributed by atoms with E-state index in [-0.39, 0.29) is 6.54 Å². The first-order valence-electron chi connectivity index (χ1n) is 3.98. The van der Waals surface area contributed by atoms with Crippen LogP contribution in [0.3, 0.4) is 0 Å². The van der Waals surface area contributed by atoms with Gasteiger partial charge in [-0.25, -0.2) is 0 Å². The molecule has 0 spiro atoms. The Bertz CT molecular complexity index is 292. The molecule has 0 saturated carbocycles. The van der Waals surface area contributed by atoms with Crippen LogP contribution >= 0.6 is 8.02 Å². The van der Waals surface area contributed by atoms with E-state index in [4.69, 9.17) is 10.0 Å². The maximum atomic E-state index is 10.0. The second kappa shape index (κ2) is 5.02. The van der Waals surface area contributed by atoms with Crippen molar-refractivity contribution < 1.29 is 14.2 Å². The Balaban J connectivity index is 2.54. The molecule has 1 atom stereocenters. The number of aldehydes is 1. The van der Waals surface area contributed by atoms with Crippen LogP contribution in [0.25, 0.3) is 0 Å². The van der Waals surface area contributed by atoms with E-state index in [1.165, 1.54) is 0 Å². The molecule has 1 aromatic carbocycles. The van der Waals surface area contributed by atoms with Crippen LogP contribution in [0.15, 0.2) is 30.3 Å². The SMILES string of the molecule is N[P+](O)(NCC=O)Oc1ccccc1. The Morgan fingerprint density at radius 2 is 2.14 bits per heavy atom. The number of hydrogen-bond donors (Lipinski definition) is 3. The van der Waals surface area contributed by atoms with Gasteiger partial charge in [-0.2, -0.15) is 4.89 Å². The molecule has 0 bridgehead atoms. The Kier molecular flexibility index (Phi) is 3.98. The van der Waals surface area contributed by atoms with Gasteiger partial charge in [0, 0.05) is 0 Å². The van der Waals surface area contributed by atoms with Crippen molar-refractivity contribution in [1.82, 2.24) is 5.09 Å². The largest absolute Gasteiger partial charge is 0.470 e. The summed E-state index contributed by atoms with van der Waals surface area (Å²) in [6.07, 6.45) is 0.603. The van der Waals surface area contributed by atoms with Crippen LogP contribution in [0.5, 0.6) is 5.75 Å². The number of nitrogens with two attached hydrogens (primary N) is 1. The zero-order valence-electron chi connectivity index (χ0n) is 7.46. The minimum Gasteiger partial charge on any atom is -0.302 e. The van der Waals surface area contributed by atoms with Crippen molar-refractivity contribution in [1.29, 1.82) is 0 Å². The van der Waals surface area contributed by atoms with Gasteiger partial charge in [-0.1, -0.05) is 18.2 Å². The van der Waals surface area contributed by atoms with Crippen LogP contribution in [0.4, 0.5) is 0 Å². The van der Waals surface area contributed by atoms with Crippen LogP contribution in [0, 0.1) is 0 Å². The standard InChI is InChI=1S/C8H12N2O3P/c9-14(12,10-6-7-11)13-8-4-2-1-3-5-8/h1-5,7,10,12H,6,9H2/q+1. The van der Waals surface area contributed by atoms with Crippen molar-refractivity contribution in [2.24, 2.45) is 5.50 Å². The summed E-state index contributed by atoms with van der Waals surface area (Å²) in [7, 11) is -3.16. The van der Waals surface area contributed by atoms with Crippen molar-refractivity contribution >= 4 is 14.3 Å². The highest BCUT2D eigenvalue weighted by Crippen LogP contribution is 2.41. The summed E-state index contributed by atoms with van der Waals surface area (Å²) < 4.78 is 5.08. The van der Waals surface area contributed by atoms with Crippen LogP contribution in [0.1, 0.15) is 0 Å². The summed E-state index contributed by atoms with van der Waals surface area (Å²) in [6, 6.07) is 8.67. The maximum Gasteiger partial charge on any atom is 0.470 e. The van der Waals surface area contributed by atoms with Gasteiger partial charge in [0.25, 0.3) is 0 Å². The molecular weight excluding hydrogens is 203 g/mol. The molecule has 6 heteroatoms. The summed E-state index contributed by atoms with van der Waals surface area (Å²) in [5, 5.41) is 2.41. The van der Waals surface area contributed by atoms with Crippen molar-refractivity contribution in [3.05, 3.63) is 30.3 Å². The summed E-state index contributed by atoms with van der Waals surface area (Å²) in [6.45, 7) is -0.0341. The fourth-order valence-corrected chi connectivity index (χ4v) is 1.69. The normalized spacial score (nSPS) is 14.4. The molecule has 0 aromatic heterocycles. The molecule has 0 saturated heterocycles. The van der Waals surface area contributed by atoms with E-state index in [1.807, 2.05) is 6.07 Å². The first-order chi connectivity index (χ1) is 6.64. The molecule has 1 rings (SSSR count). The summed E-state index contributed by atoms with van der Waals surface area (Å²) in [4.78, 5) is 19.5. The smallest absolute Gasteiger partial charge is 0.302 e. The van der Waals surface area contributed by atoms with E-state index < -0.39 is 8.02 Å². The average molecular weight is 215 g/mol. The predicted molar refractivity (Wildman–Crippen MR) is 54.5 cm³/mol. The molecule has 0 amide bonds. The molecule has 76 valence electrons. The Hall–Kier alpha value is -1.00. The lowest BCUT2D eigenvalue weighted by atomic mass is 10.3. The quantitative estimate of drug-likeness (QED) is 0.491. The Morgan fingerprint density at radius 3 is 2.71 bits per heavy atom. The molecule has 0 aliphatic heterocycles. The number of nitrogens with one attached hydrogen (secondary N) is 1. The molecule has 0 fully saturated rings. The molecule has 5 nitrogen and oxygen atoms in total. The van der Waals surface area contributed by atoms with E-state index >= 15 is 0 Å². The highest BCUT2D eigenvalue weighted by Gasteiger charge is 2.33. The monoisotopic (exact) mass is 215 g/mol. The third-order valence-corrected chi connectivity index (χ3v) is 2.51. The van der Waals surface area contributed by atoms with Gasteiger partial charge in [0.05, 0.1) is 6.54 Å². The number of benzene rings is 1. The molecule has 0 aliphatic carbocycles. The zero-order valence-corrected chi connectivity index (χ0v) is 8.35. The van der Waals surface area contributed by atoms with E-state index in [0.717, 1.165) is 0 Å². The lowest BCUT2D eigenvalue weighted by Crippen LogP contribution is -2.27. The molecule has 0 aliphatic rings. The van der Waals surface area contributed by atoms with Gasteiger partial charge in [0.15, 0.2) is 5.75 Å². The van der Waals surface area contributed by atoms with Gasteiger partial charge in [-0.3, -0.25) is 4.52 Å². The van der Waals surface area contributed by atoms with Gasteiger partial charge < -0.3 is 4.79 Å². The number of carbonyl (C=O) groups is 1. The second-order valence-corrected chi connectivity index (χ2v) is 4.30. The minimum absolute atomic E-state index is 0.0341. The summed E-state index contributed by atoms with van der Waals surface area (Å²) >= 11 is 0. The zero-order chi connectivity index (χ0) is 10.4. The Labute approximate surface area is 82.5 Å². The van der Waals surface area contributed by atoms with Gasteiger partial charge in [-0.15, -0.1) is 10.6 Å². The number of hydrogen-bond acceptors (Lipinski definition) is 5. The number of carbonyl (C=O) groups excluding carboxylic acids is 1. The van der Waals surface area contributed by atoms with E-state index in [2.05, 4.69) is 5.09 Å². The predicted octanol–water partition coefficient (Wildman–Crippen LogP) is 0.482. The summed E-state index contributed by atoms with van der Waals surface area (Å²) in [5.74, 6) is 0.462. The van der Waals surface area contributed by atoms with Crippen molar-refractivity contribution in [3.8, 4) is 5.75 Å². The fourth-order valence-electron chi connectivity index (χ4n) is 0.842. The first kappa shape index (κ1) is 11.1.